The molecule has 0 unspecified atom stereocenters. The highest BCUT2D eigenvalue weighted by Crippen LogP contribution is 2.27. The fourth-order valence-corrected chi connectivity index (χ4v) is 4.02. The Balaban J connectivity index is 1.39. The van der Waals surface area contributed by atoms with E-state index in [0.717, 1.165) is 43.4 Å². The summed E-state index contributed by atoms with van der Waals surface area (Å²) in [6.07, 6.45) is 8.82. The third kappa shape index (κ3) is 4.57. The summed E-state index contributed by atoms with van der Waals surface area (Å²) in [5.41, 5.74) is 1.79. The summed E-state index contributed by atoms with van der Waals surface area (Å²) in [6.45, 7) is 3.15. The molecule has 3 rings (SSSR count). The minimum Gasteiger partial charge on any atom is -0.378 e. The van der Waals surface area contributed by atoms with Gasteiger partial charge in [-0.15, -0.1) is 0 Å². The number of carbonyl (C=O) groups excluding carboxylic acids is 1. The maximum absolute atomic E-state index is 12.4. The van der Waals surface area contributed by atoms with Gasteiger partial charge in [0.1, 0.15) is 0 Å². The Hall–Kier alpha value is -1.40. The van der Waals surface area contributed by atoms with Crippen LogP contribution in [0, 0.1) is 5.92 Å². The lowest BCUT2D eigenvalue weighted by atomic mass is 9.90. The molecule has 1 amide bonds. The molecule has 0 aromatic carbocycles. The van der Waals surface area contributed by atoms with Crippen LogP contribution < -0.4 is 5.32 Å². The normalized spacial score (nSPS) is 21.0. The molecule has 1 saturated carbocycles. The maximum atomic E-state index is 12.4. The van der Waals surface area contributed by atoms with Gasteiger partial charge in [0.25, 0.3) is 0 Å². The van der Waals surface area contributed by atoms with Gasteiger partial charge in [-0.3, -0.25) is 9.89 Å². The van der Waals surface area contributed by atoms with Gasteiger partial charge in [0.2, 0.25) is 5.91 Å². The molecule has 0 spiro atoms. The Bertz CT molecular complexity index is 517. The number of nitrogens with one attached hydrogen (secondary N) is 2. The second-order valence-electron chi connectivity index (χ2n) is 7.14. The molecular weight excluding hydrogens is 304 g/mol. The quantitative estimate of drug-likeness (QED) is 0.837. The predicted octanol–water partition coefficient (Wildman–Crippen LogP) is 2.22. The number of likely N-dealkylation sites (tertiary alicyclic amines) is 1. The van der Waals surface area contributed by atoms with Gasteiger partial charge in [0.15, 0.2) is 0 Å². The van der Waals surface area contributed by atoms with Crippen LogP contribution in [0.1, 0.15) is 56.3 Å². The lowest BCUT2D eigenvalue weighted by molar-refractivity contribution is -0.126. The average molecular weight is 334 g/mol. The van der Waals surface area contributed by atoms with E-state index in [0.29, 0.717) is 13.2 Å². The Morgan fingerprint density at radius 3 is 2.75 bits per heavy atom. The average Bonchev–Trinajstić information content (AvgIpc) is 3.08. The van der Waals surface area contributed by atoms with Gasteiger partial charge in [-0.2, -0.15) is 5.10 Å². The van der Waals surface area contributed by atoms with Gasteiger partial charge < -0.3 is 15.0 Å². The molecule has 1 saturated heterocycles. The number of H-pyrrole nitrogens is 1. The van der Waals surface area contributed by atoms with Gasteiger partial charge >= 0.3 is 0 Å². The SMILES string of the molecule is COCc1cc(CNC(=O)C2CCN(C3CCCCC3)CC2)[nH]n1. The Morgan fingerprint density at radius 2 is 2.04 bits per heavy atom. The minimum atomic E-state index is 0.159. The summed E-state index contributed by atoms with van der Waals surface area (Å²) in [6, 6.07) is 2.71. The molecule has 1 aliphatic heterocycles. The summed E-state index contributed by atoms with van der Waals surface area (Å²) in [5.74, 6) is 0.340. The molecule has 6 nitrogen and oxygen atoms in total. The van der Waals surface area contributed by atoms with E-state index in [-0.39, 0.29) is 11.8 Å². The third-order valence-electron chi connectivity index (χ3n) is 5.42. The van der Waals surface area contributed by atoms with Gasteiger partial charge in [-0.05, 0) is 44.8 Å². The Kier molecular flexibility index (Phi) is 6.26. The number of nitrogens with zero attached hydrogens (tertiary/aromatic N) is 2. The number of rotatable bonds is 6. The van der Waals surface area contributed by atoms with Gasteiger partial charge in [-0.25, -0.2) is 0 Å². The number of amides is 1. The molecule has 24 heavy (non-hydrogen) atoms. The highest BCUT2D eigenvalue weighted by Gasteiger charge is 2.29. The zero-order valence-corrected chi connectivity index (χ0v) is 14.7. The molecule has 1 aromatic heterocycles. The second-order valence-corrected chi connectivity index (χ2v) is 7.14. The molecular formula is C18H30N4O2. The lowest BCUT2D eigenvalue weighted by Crippen LogP contribution is -2.45. The topological polar surface area (TPSA) is 70.2 Å². The van der Waals surface area contributed by atoms with Crippen LogP contribution in [0.2, 0.25) is 0 Å². The number of aromatic amines is 1. The summed E-state index contributed by atoms with van der Waals surface area (Å²) in [5, 5.41) is 10.1. The highest BCUT2D eigenvalue weighted by molar-refractivity contribution is 5.78. The molecule has 2 fully saturated rings. The third-order valence-corrected chi connectivity index (χ3v) is 5.42. The first-order chi connectivity index (χ1) is 11.8. The van der Waals surface area contributed by atoms with E-state index in [9.17, 15) is 4.79 Å². The molecule has 0 atom stereocenters. The van der Waals surface area contributed by atoms with E-state index < -0.39 is 0 Å². The molecule has 1 aromatic rings. The zero-order valence-electron chi connectivity index (χ0n) is 14.7. The van der Waals surface area contributed by atoms with Crippen molar-refractivity contribution in [3.63, 3.8) is 0 Å². The smallest absolute Gasteiger partial charge is 0.223 e. The molecule has 2 N–H and O–H groups in total. The van der Waals surface area contributed by atoms with Crippen molar-refractivity contribution in [3.8, 4) is 0 Å². The first-order valence-electron chi connectivity index (χ1n) is 9.30. The fourth-order valence-electron chi connectivity index (χ4n) is 4.02. The number of hydrogen-bond donors (Lipinski definition) is 2. The van der Waals surface area contributed by atoms with Crippen LogP contribution >= 0.6 is 0 Å². The second kappa shape index (κ2) is 8.62. The van der Waals surface area contributed by atoms with Crippen molar-refractivity contribution >= 4 is 5.91 Å². The number of aromatic nitrogens is 2. The lowest BCUT2D eigenvalue weighted by Gasteiger charge is -2.38. The largest absolute Gasteiger partial charge is 0.378 e. The van der Waals surface area contributed by atoms with E-state index in [1.165, 1.54) is 32.1 Å². The van der Waals surface area contributed by atoms with Gasteiger partial charge in [-0.1, -0.05) is 19.3 Å². The van der Waals surface area contributed by atoms with Crippen LogP contribution in [0.4, 0.5) is 0 Å². The molecule has 2 heterocycles. The summed E-state index contributed by atoms with van der Waals surface area (Å²) in [7, 11) is 1.65. The van der Waals surface area contributed by atoms with Crippen LogP contribution in [-0.2, 0) is 22.7 Å². The van der Waals surface area contributed by atoms with Gasteiger partial charge in [0.05, 0.1) is 24.5 Å². The van der Waals surface area contributed by atoms with Crippen LogP contribution in [0.15, 0.2) is 6.07 Å². The monoisotopic (exact) mass is 334 g/mol. The first-order valence-corrected chi connectivity index (χ1v) is 9.30. The predicted molar refractivity (Wildman–Crippen MR) is 92.3 cm³/mol. The van der Waals surface area contributed by atoms with Crippen molar-refractivity contribution < 1.29 is 9.53 Å². The van der Waals surface area contributed by atoms with E-state index in [1.54, 1.807) is 7.11 Å². The van der Waals surface area contributed by atoms with E-state index >= 15 is 0 Å². The molecule has 134 valence electrons. The Morgan fingerprint density at radius 1 is 1.29 bits per heavy atom. The number of methoxy groups -OCH3 is 1. The van der Waals surface area contributed by atoms with Crippen LogP contribution in [0.3, 0.4) is 0 Å². The van der Waals surface area contributed by atoms with Crippen molar-refractivity contribution in [2.24, 2.45) is 5.92 Å². The van der Waals surface area contributed by atoms with Crippen LogP contribution in [0.25, 0.3) is 0 Å². The van der Waals surface area contributed by atoms with Crippen molar-refractivity contribution in [2.45, 2.75) is 64.1 Å². The fraction of sp³-hybridized carbons (Fsp3) is 0.778. The number of ether oxygens (including phenoxy) is 1. The number of carbonyl (C=O) groups is 1. The van der Waals surface area contributed by atoms with Crippen LogP contribution in [0.5, 0.6) is 0 Å². The summed E-state index contributed by atoms with van der Waals surface area (Å²) in [4.78, 5) is 15.0. The highest BCUT2D eigenvalue weighted by atomic mass is 16.5. The first kappa shape index (κ1) is 17.4. The summed E-state index contributed by atoms with van der Waals surface area (Å²) < 4.78 is 5.05. The van der Waals surface area contributed by atoms with E-state index in [4.69, 9.17) is 4.74 Å². The molecule has 0 radical (unpaired) electrons. The zero-order chi connectivity index (χ0) is 16.8. The molecule has 6 heteroatoms. The molecule has 2 aliphatic rings. The minimum absolute atomic E-state index is 0.159. The van der Waals surface area contributed by atoms with E-state index in [2.05, 4.69) is 20.4 Å². The van der Waals surface area contributed by atoms with Gasteiger partial charge in [0, 0.05) is 19.1 Å². The molecule has 0 bridgehead atoms. The van der Waals surface area contributed by atoms with Crippen molar-refractivity contribution in [1.82, 2.24) is 20.4 Å². The van der Waals surface area contributed by atoms with Crippen molar-refractivity contribution in [1.29, 1.82) is 0 Å². The number of piperidine rings is 1. The van der Waals surface area contributed by atoms with Crippen molar-refractivity contribution in [3.05, 3.63) is 17.5 Å². The Labute approximate surface area is 144 Å². The van der Waals surface area contributed by atoms with E-state index in [1.807, 2.05) is 6.07 Å². The number of hydrogen-bond acceptors (Lipinski definition) is 4. The summed E-state index contributed by atoms with van der Waals surface area (Å²) >= 11 is 0. The standard InChI is InChI=1S/C18H30N4O2/c1-24-13-16-11-15(20-21-16)12-19-18(23)14-7-9-22(10-8-14)17-5-3-2-4-6-17/h11,14,17H,2-10,12-13H2,1H3,(H,19,23)(H,20,21). The van der Waals surface area contributed by atoms with Crippen LogP contribution in [-0.4, -0.2) is 47.2 Å². The van der Waals surface area contributed by atoms with Crippen molar-refractivity contribution in [2.75, 3.05) is 20.2 Å². The molecule has 1 aliphatic carbocycles. The maximum Gasteiger partial charge on any atom is 0.223 e.